The largest absolute Gasteiger partial charge is 0.472 e. The summed E-state index contributed by atoms with van der Waals surface area (Å²) >= 11 is 0. The van der Waals surface area contributed by atoms with Gasteiger partial charge in [0.25, 0.3) is 0 Å². The maximum Gasteiger partial charge on any atom is 0.472 e. The molecular weight excluding hydrogens is 683 g/mol. The van der Waals surface area contributed by atoms with Crippen molar-refractivity contribution in [1.82, 2.24) is 0 Å². The lowest BCUT2D eigenvalue weighted by Gasteiger charge is -2.20. The highest BCUT2D eigenvalue weighted by molar-refractivity contribution is 7.47. The van der Waals surface area contributed by atoms with E-state index in [9.17, 15) is 29.3 Å². The number of phosphoric acid groups is 1. The monoisotopic (exact) mass is 761 g/mol. The van der Waals surface area contributed by atoms with Gasteiger partial charge in [-0.2, -0.15) is 0 Å². The van der Waals surface area contributed by atoms with Crippen molar-refractivity contribution in [3.63, 3.8) is 0 Å². The minimum atomic E-state index is -4.63. The van der Waals surface area contributed by atoms with Crippen molar-refractivity contribution in [3.05, 3.63) is 24.3 Å². The highest BCUT2D eigenvalue weighted by atomic mass is 31.2. The number of esters is 2. The van der Waals surface area contributed by atoms with Crippen LogP contribution in [-0.2, 0) is 32.7 Å². The molecule has 0 aromatic heterocycles. The lowest BCUT2D eigenvalue weighted by atomic mass is 10.0. The number of unbranched alkanes of at least 4 members (excludes halogenated alkanes) is 21. The summed E-state index contributed by atoms with van der Waals surface area (Å²) in [5, 5.41) is 19.1. The first-order valence-electron chi connectivity index (χ1n) is 20.8. The Labute approximate surface area is 317 Å². The summed E-state index contributed by atoms with van der Waals surface area (Å²) in [6, 6.07) is 0. The molecule has 0 radical (unpaired) electrons. The summed E-state index contributed by atoms with van der Waals surface area (Å²) in [6.07, 6.45) is 35.7. The van der Waals surface area contributed by atoms with Crippen molar-refractivity contribution < 1.29 is 47.8 Å². The van der Waals surface area contributed by atoms with Crippen LogP contribution in [0.15, 0.2) is 24.3 Å². The van der Waals surface area contributed by atoms with Gasteiger partial charge < -0.3 is 24.6 Å². The maximum absolute atomic E-state index is 12.3. The van der Waals surface area contributed by atoms with Crippen molar-refractivity contribution in [2.75, 3.05) is 26.4 Å². The molecule has 3 unspecified atom stereocenters. The van der Waals surface area contributed by atoms with E-state index in [2.05, 4.69) is 38.2 Å². The molecule has 0 heterocycles. The lowest BCUT2D eigenvalue weighted by molar-refractivity contribution is -0.153. The molecule has 0 rings (SSSR count). The Balaban J connectivity index is 3.95. The van der Waals surface area contributed by atoms with Gasteiger partial charge in [0.05, 0.1) is 26.4 Å². The number of aliphatic hydroxyl groups is 2. The lowest BCUT2D eigenvalue weighted by Crippen LogP contribution is -2.28. The zero-order valence-electron chi connectivity index (χ0n) is 33.0. The highest BCUT2D eigenvalue weighted by Gasteiger charge is 2.27. The number of rotatable bonds is 39. The van der Waals surface area contributed by atoms with Crippen LogP contribution in [0.1, 0.15) is 187 Å². The number of carbonyl (C=O) groups excluding carboxylic acids is 2. The summed E-state index contributed by atoms with van der Waals surface area (Å²) in [7, 11) is -4.63. The average Bonchev–Trinajstić information content (AvgIpc) is 3.13. The predicted molar refractivity (Wildman–Crippen MR) is 210 cm³/mol. The van der Waals surface area contributed by atoms with E-state index in [4.69, 9.17) is 18.5 Å². The normalized spacial score (nSPS) is 14.2. The van der Waals surface area contributed by atoms with Gasteiger partial charge in [-0.3, -0.25) is 18.6 Å². The fourth-order valence-corrected chi connectivity index (χ4v) is 6.46. The summed E-state index contributed by atoms with van der Waals surface area (Å²) in [5.41, 5.74) is 0. The smallest absolute Gasteiger partial charge is 0.457 e. The molecule has 0 saturated carbocycles. The van der Waals surface area contributed by atoms with E-state index in [1.807, 2.05) is 0 Å². The fraction of sp³-hybridized carbons (Fsp3) is 0.854. The Morgan fingerprint density at radius 2 is 0.846 bits per heavy atom. The molecule has 0 bridgehead atoms. The quantitative estimate of drug-likeness (QED) is 0.0239. The van der Waals surface area contributed by atoms with E-state index in [1.54, 1.807) is 0 Å². The van der Waals surface area contributed by atoms with Crippen LogP contribution in [0.5, 0.6) is 0 Å². The second-order valence-electron chi connectivity index (χ2n) is 14.0. The van der Waals surface area contributed by atoms with Crippen molar-refractivity contribution in [2.45, 2.75) is 199 Å². The Morgan fingerprint density at radius 3 is 1.23 bits per heavy atom. The third-order valence-corrected chi connectivity index (χ3v) is 9.87. The molecule has 0 fully saturated rings. The number of ether oxygens (including phenoxy) is 2. The summed E-state index contributed by atoms with van der Waals surface area (Å²) in [5.74, 6) is -1.03. The summed E-state index contributed by atoms with van der Waals surface area (Å²) in [6.45, 7) is 2.17. The van der Waals surface area contributed by atoms with Crippen LogP contribution in [0.25, 0.3) is 0 Å². The number of carbonyl (C=O) groups is 2. The standard InChI is InChI=1S/C41H77O10P/c1-3-5-7-9-11-13-15-17-19-21-23-25-27-29-31-33-41(45)51-39(35-43)37-49-52(46,47)48-36-38(34-42)50-40(44)32-30-28-26-24-22-20-18-16-14-12-10-8-6-4-2/h11,13,17,19,38-39,42-43H,3-10,12,14-16,18,20-37H2,1-2H3,(H,46,47)/b13-11-,19-17-. The van der Waals surface area contributed by atoms with E-state index in [0.717, 1.165) is 64.2 Å². The zero-order chi connectivity index (χ0) is 38.4. The molecule has 0 amide bonds. The van der Waals surface area contributed by atoms with Crippen LogP contribution in [0.3, 0.4) is 0 Å². The van der Waals surface area contributed by atoms with E-state index in [0.29, 0.717) is 12.8 Å². The minimum Gasteiger partial charge on any atom is -0.457 e. The number of hydrogen-bond donors (Lipinski definition) is 3. The van der Waals surface area contributed by atoms with E-state index in [1.165, 1.54) is 83.5 Å². The van der Waals surface area contributed by atoms with Gasteiger partial charge in [-0.05, 0) is 44.9 Å². The first-order valence-corrected chi connectivity index (χ1v) is 22.3. The number of allylic oxidation sites excluding steroid dienone is 4. The Morgan fingerprint density at radius 1 is 0.519 bits per heavy atom. The number of aliphatic hydroxyl groups excluding tert-OH is 2. The fourth-order valence-electron chi connectivity index (χ4n) is 5.67. The molecule has 52 heavy (non-hydrogen) atoms. The molecule has 0 aliphatic rings. The van der Waals surface area contributed by atoms with Crippen LogP contribution in [-0.4, -0.2) is 65.7 Å². The van der Waals surface area contributed by atoms with E-state index >= 15 is 0 Å². The molecular formula is C41H77O10P. The highest BCUT2D eigenvalue weighted by Crippen LogP contribution is 2.43. The number of phosphoric ester groups is 1. The molecule has 11 heteroatoms. The van der Waals surface area contributed by atoms with Gasteiger partial charge in [0.15, 0.2) is 0 Å². The van der Waals surface area contributed by atoms with Gasteiger partial charge >= 0.3 is 19.8 Å². The molecule has 0 saturated heterocycles. The van der Waals surface area contributed by atoms with Gasteiger partial charge in [0, 0.05) is 12.8 Å². The second kappa shape index (κ2) is 37.8. The van der Waals surface area contributed by atoms with Crippen molar-refractivity contribution >= 4 is 19.8 Å². The molecule has 10 nitrogen and oxygen atoms in total. The molecule has 0 spiro atoms. The minimum absolute atomic E-state index is 0.178. The van der Waals surface area contributed by atoms with Crippen molar-refractivity contribution in [3.8, 4) is 0 Å². The van der Waals surface area contributed by atoms with E-state index in [-0.39, 0.29) is 12.8 Å². The Bertz CT molecular complexity index is 925. The maximum atomic E-state index is 12.3. The first kappa shape index (κ1) is 50.5. The zero-order valence-corrected chi connectivity index (χ0v) is 33.9. The Hall–Kier alpha value is -1.55. The van der Waals surface area contributed by atoms with Crippen LogP contribution < -0.4 is 0 Å². The van der Waals surface area contributed by atoms with Crippen LogP contribution in [0.4, 0.5) is 0 Å². The molecule has 0 aliphatic carbocycles. The van der Waals surface area contributed by atoms with Crippen LogP contribution >= 0.6 is 7.82 Å². The summed E-state index contributed by atoms with van der Waals surface area (Å²) in [4.78, 5) is 34.4. The average molecular weight is 761 g/mol. The third kappa shape index (κ3) is 35.5. The Kier molecular flexibility index (Phi) is 36.6. The van der Waals surface area contributed by atoms with Gasteiger partial charge in [0.1, 0.15) is 12.2 Å². The van der Waals surface area contributed by atoms with Crippen molar-refractivity contribution in [2.24, 2.45) is 0 Å². The molecule has 3 atom stereocenters. The van der Waals surface area contributed by atoms with Gasteiger partial charge in [-0.15, -0.1) is 0 Å². The number of hydrogen-bond acceptors (Lipinski definition) is 9. The molecule has 0 aromatic rings. The topological polar surface area (TPSA) is 149 Å². The van der Waals surface area contributed by atoms with Gasteiger partial charge in [-0.1, -0.05) is 154 Å². The molecule has 3 N–H and O–H groups in total. The molecule has 306 valence electrons. The van der Waals surface area contributed by atoms with Crippen LogP contribution in [0.2, 0.25) is 0 Å². The van der Waals surface area contributed by atoms with Gasteiger partial charge in [-0.25, -0.2) is 4.57 Å². The van der Waals surface area contributed by atoms with Crippen LogP contribution in [0, 0.1) is 0 Å². The summed E-state index contributed by atoms with van der Waals surface area (Å²) < 4.78 is 32.5. The van der Waals surface area contributed by atoms with Gasteiger partial charge in [0.2, 0.25) is 0 Å². The third-order valence-electron chi connectivity index (χ3n) is 8.92. The first-order chi connectivity index (χ1) is 25.3. The SMILES string of the molecule is CCCCC/C=C\C/C=C\CCCCCCCC(=O)OC(CO)COP(=O)(O)OCC(CO)OC(=O)CCCCCCCCCCCCCCCC. The van der Waals surface area contributed by atoms with E-state index < -0.39 is 58.4 Å². The molecule has 0 aliphatic heterocycles. The predicted octanol–water partition coefficient (Wildman–Crippen LogP) is 10.6. The molecule has 0 aromatic carbocycles. The second-order valence-corrected chi connectivity index (χ2v) is 15.4. The van der Waals surface area contributed by atoms with Crippen molar-refractivity contribution in [1.29, 1.82) is 0 Å².